The van der Waals surface area contributed by atoms with Gasteiger partial charge in [0.2, 0.25) is 6.29 Å². The van der Waals surface area contributed by atoms with Crippen LogP contribution in [0.3, 0.4) is 0 Å². The highest BCUT2D eigenvalue weighted by Gasteiger charge is 2.14. The van der Waals surface area contributed by atoms with E-state index in [2.05, 4.69) is 37.9 Å². The lowest BCUT2D eigenvalue weighted by Crippen LogP contribution is -2.43. The number of nitrogens with one attached hydrogen (secondary N) is 1. The third-order valence-corrected chi connectivity index (χ3v) is 2.60. The Hall–Kier alpha value is -0.900. The summed E-state index contributed by atoms with van der Waals surface area (Å²) in [5, 5.41) is 2.55. The summed E-state index contributed by atoms with van der Waals surface area (Å²) >= 11 is 0. The molecule has 0 aliphatic carbocycles. The van der Waals surface area contributed by atoms with E-state index < -0.39 is 5.91 Å². The minimum atomic E-state index is -0.539. The van der Waals surface area contributed by atoms with Crippen molar-refractivity contribution < 1.29 is 9.59 Å². The molecule has 88 valence electrons. The van der Waals surface area contributed by atoms with Crippen molar-refractivity contribution in [3.63, 3.8) is 0 Å². The molecule has 0 aromatic carbocycles. The molecular formula is C11H22N2O2. The summed E-state index contributed by atoms with van der Waals surface area (Å²) in [6.45, 7) is 9.89. The highest BCUT2D eigenvalue weighted by Crippen LogP contribution is 2.07. The number of nitrogens with zero attached hydrogens (tertiary/aromatic N) is 1. The molecule has 0 aliphatic rings. The van der Waals surface area contributed by atoms with Crippen LogP contribution in [-0.2, 0) is 9.59 Å². The molecule has 4 heteroatoms. The van der Waals surface area contributed by atoms with E-state index in [1.807, 2.05) is 0 Å². The first-order valence-electron chi connectivity index (χ1n) is 5.51. The van der Waals surface area contributed by atoms with Crippen LogP contribution in [0.25, 0.3) is 0 Å². The van der Waals surface area contributed by atoms with Gasteiger partial charge in [0.25, 0.3) is 5.91 Å². The van der Waals surface area contributed by atoms with Crippen molar-refractivity contribution in [2.24, 2.45) is 0 Å². The first-order chi connectivity index (χ1) is 7.02. The minimum Gasteiger partial charge on any atom is -0.348 e. The molecule has 0 bridgehead atoms. The smallest absolute Gasteiger partial charge is 0.284 e. The van der Waals surface area contributed by atoms with E-state index in [1.54, 1.807) is 0 Å². The molecule has 0 heterocycles. The molecule has 0 aliphatic heterocycles. The standard InChI is InChI=1S/C11H22N2O2/c1-5-10(4)13(9(2)3)7-6-12-11(15)8-14/h8-10H,5-7H2,1-4H3,(H,12,15). The second-order valence-electron chi connectivity index (χ2n) is 4.00. The molecular weight excluding hydrogens is 192 g/mol. The second-order valence-corrected chi connectivity index (χ2v) is 4.00. The van der Waals surface area contributed by atoms with Gasteiger partial charge in [0.15, 0.2) is 0 Å². The highest BCUT2D eigenvalue weighted by molar-refractivity contribution is 6.23. The van der Waals surface area contributed by atoms with Gasteiger partial charge in [0.05, 0.1) is 0 Å². The first-order valence-corrected chi connectivity index (χ1v) is 5.51. The van der Waals surface area contributed by atoms with Crippen molar-refractivity contribution in [3.05, 3.63) is 0 Å². The van der Waals surface area contributed by atoms with Crippen LogP contribution in [0.4, 0.5) is 0 Å². The molecule has 1 N–H and O–H groups in total. The van der Waals surface area contributed by atoms with Gasteiger partial charge in [-0.25, -0.2) is 0 Å². The third kappa shape index (κ3) is 5.52. The van der Waals surface area contributed by atoms with Crippen molar-refractivity contribution in [1.82, 2.24) is 10.2 Å². The highest BCUT2D eigenvalue weighted by atomic mass is 16.2. The molecule has 0 saturated carbocycles. The van der Waals surface area contributed by atoms with E-state index in [0.29, 0.717) is 24.9 Å². The molecule has 0 fully saturated rings. The van der Waals surface area contributed by atoms with Crippen molar-refractivity contribution in [2.45, 2.75) is 46.2 Å². The van der Waals surface area contributed by atoms with E-state index in [0.717, 1.165) is 13.0 Å². The first kappa shape index (κ1) is 14.1. The van der Waals surface area contributed by atoms with Crippen LogP contribution in [0.2, 0.25) is 0 Å². The normalized spacial score (nSPS) is 12.9. The fourth-order valence-corrected chi connectivity index (χ4v) is 1.57. The SMILES string of the molecule is CCC(C)N(CCNC(=O)C=O)C(C)C. The molecule has 0 aromatic rings. The summed E-state index contributed by atoms with van der Waals surface area (Å²) in [6.07, 6.45) is 1.39. The summed E-state index contributed by atoms with van der Waals surface area (Å²) < 4.78 is 0. The van der Waals surface area contributed by atoms with Crippen molar-refractivity contribution in [3.8, 4) is 0 Å². The number of hydrogen-bond acceptors (Lipinski definition) is 3. The van der Waals surface area contributed by atoms with E-state index >= 15 is 0 Å². The van der Waals surface area contributed by atoms with Gasteiger partial charge in [-0.2, -0.15) is 0 Å². The quantitative estimate of drug-likeness (QED) is 0.504. The van der Waals surface area contributed by atoms with Crippen LogP contribution in [0.15, 0.2) is 0 Å². The van der Waals surface area contributed by atoms with Gasteiger partial charge in [0.1, 0.15) is 0 Å². The van der Waals surface area contributed by atoms with Gasteiger partial charge in [0, 0.05) is 25.2 Å². The summed E-state index contributed by atoms with van der Waals surface area (Å²) in [7, 11) is 0. The average Bonchev–Trinajstić information content (AvgIpc) is 2.22. The van der Waals surface area contributed by atoms with Crippen LogP contribution in [0.5, 0.6) is 0 Å². The minimum absolute atomic E-state index is 0.308. The Morgan fingerprint density at radius 2 is 2.00 bits per heavy atom. The van der Waals surface area contributed by atoms with Crippen LogP contribution < -0.4 is 5.32 Å². The Kier molecular flexibility index (Phi) is 6.96. The van der Waals surface area contributed by atoms with E-state index in [1.165, 1.54) is 0 Å². The Labute approximate surface area is 92.0 Å². The third-order valence-electron chi connectivity index (χ3n) is 2.60. The van der Waals surface area contributed by atoms with Crippen molar-refractivity contribution >= 4 is 12.2 Å². The second kappa shape index (κ2) is 7.40. The summed E-state index contributed by atoms with van der Waals surface area (Å²) in [5.41, 5.74) is 0. The van der Waals surface area contributed by atoms with Crippen molar-refractivity contribution in [2.75, 3.05) is 13.1 Å². The Morgan fingerprint density at radius 3 is 2.40 bits per heavy atom. The van der Waals surface area contributed by atoms with Gasteiger partial charge in [-0.1, -0.05) is 6.92 Å². The fraction of sp³-hybridized carbons (Fsp3) is 0.818. The molecule has 1 unspecified atom stereocenters. The zero-order chi connectivity index (χ0) is 11.8. The van der Waals surface area contributed by atoms with E-state index in [4.69, 9.17) is 0 Å². The Morgan fingerprint density at radius 1 is 1.40 bits per heavy atom. The fourth-order valence-electron chi connectivity index (χ4n) is 1.57. The molecule has 0 rings (SSSR count). The maximum Gasteiger partial charge on any atom is 0.284 e. The maximum atomic E-state index is 10.7. The molecule has 15 heavy (non-hydrogen) atoms. The predicted octanol–water partition coefficient (Wildman–Crippen LogP) is 0.810. The molecule has 4 nitrogen and oxygen atoms in total. The predicted molar refractivity (Wildman–Crippen MR) is 60.7 cm³/mol. The molecule has 0 saturated heterocycles. The lowest BCUT2D eigenvalue weighted by Gasteiger charge is -2.32. The number of amides is 1. The molecule has 0 spiro atoms. The summed E-state index contributed by atoms with van der Waals surface area (Å²) in [4.78, 5) is 23.1. The van der Waals surface area contributed by atoms with Gasteiger partial charge in [-0.15, -0.1) is 0 Å². The Balaban J connectivity index is 3.96. The van der Waals surface area contributed by atoms with E-state index in [-0.39, 0.29) is 0 Å². The number of hydrogen-bond donors (Lipinski definition) is 1. The molecule has 0 aromatic heterocycles. The summed E-state index contributed by atoms with van der Waals surface area (Å²) in [5.74, 6) is -0.539. The van der Waals surface area contributed by atoms with Crippen molar-refractivity contribution in [1.29, 1.82) is 0 Å². The van der Waals surface area contributed by atoms with Gasteiger partial charge < -0.3 is 5.32 Å². The summed E-state index contributed by atoms with van der Waals surface area (Å²) in [6, 6.07) is 0.950. The van der Waals surface area contributed by atoms with Gasteiger partial charge >= 0.3 is 0 Å². The van der Waals surface area contributed by atoms with Gasteiger partial charge in [-0.3, -0.25) is 14.5 Å². The van der Waals surface area contributed by atoms with E-state index in [9.17, 15) is 9.59 Å². The number of aldehydes is 1. The zero-order valence-electron chi connectivity index (χ0n) is 10.1. The zero-order valence-corrected chi connectivity index (χ0v) is 10.1. The Bertz CT molecular complexity index is 205. The topological polar surface area (TPSA) is 49.4 Å². The van der Waals surface area contributed by atoms with Crippen LogP contribution in [-0.4, -0.2) is 42.3 Å². The average molecular weight is 214 g/mol. The van der Waals surface area contributed by atoms with Gasteiger partial charge in [-0.05, 0) is 27.2 Å². The molecule has 1 amide bonds. The number of carbonyl (C=O) groups is 2. The number of rotatable bonds is 7. The largest absolute Gasteiger partial charge is 0.348 e. The van der Waals surface area contributed by atoms with Crippen LogP contribution in [0, 0.1) is 0 Å². The lowest BCUT2D eigenvalue weighted by atomic mass is 10.2. The maximum absolute atomic E-state index is 10.7. The molecule has 0 radical (unpaired) electrons. The number of carbonyl (C=O) groups excluding carboxylic acids is 2. The monoisotopic (exact) mass is 214 g/mol. The van der Waals surface area contributed by atoms with Crippen LogP contribution >= 0.6 is 0 Å². The molecule has 1 atom stereocenters. The lowest BCUT2D eigenvalue weighted by molar-refractivity contribution is -0.131. The van der Waals surface area contributed by atoms with Crippen LogP contribution in [0.1, 0.15) is 34.1 Å².